The van der Waals surface area contributed by atoms with Gasteiger partial charge in [-0.2, -0.15) is 23.5 Å². The summed E-state index contributed by atoms with van der Waals surface area (Å²) in [5, 5.41) is 16.4. The van der Waals surface area contributed by atoms with E-state index in [4.69, 9.17) is 5.73 Å². The predicted octanol–water partition coefficient (Wildman–Crippen LogP) is 1.71. The van der Waals surface area contributed by atoms with E-state index in [1.54, 1.807) is 0 Å². The summed E-state index contributed by atoms with van der Waals surface area (Å²) in [7, 11) is -3.32. The molecule has 0 bridgehead atoms. The first-order chi connectivity index (χ1) is 13.5. The number of alkyl halides is 3. The van der Waals surface area contributed by atoms with E-state index in [0.29, 0.717) is 0 Å². The van der Waals surface area contributed by atoms with Crippen molar-refractivity contribution in [3.05, 3.63) is 35.6 Å². The van der Waals surface area contributed by atoms with Crippen molar-refractivity contribution in [2.24, 2.45) is 11.7 Å². The number of halogens is 3. The molecule has 1 aromatic heterocycles. The van der Waals surface area contributed by atoms with Gasteiger partial charge in [0, 0.05) is 12.2 Å². The Morgan fingerprint density at radius 1 is 1.41 bits per heavy atom. The molecule has 29 heavy (non-hydrogen) atoms. The molecule has 1 saturated heterocycles. The number of sulfone groups is 1. The van der Waals surface area contributed by atoms with Crippen LogP contribution in [0.3, 0.4) is 0 Å². The van der Waals surface area contributed by atoms with E-state index >= 15 is 0 Å². The largest absolute Gasteiger partial charge is 0.416 e. The van der Waals surface area contributed by atoms with Gasteiger partial charge in [0.05, 0.1) is 35.1 Å². The van der Waals surface area contributed by atoms with E-state index in [9.17, 15) is 31.6 Å². The zero-order valence-electron chi connectivity index (χ0n) is 15.1. The van der Waals surface area contributed by atoms with Gasteiger partial charge >= 0.3 is 6.18 Å². The van der Waals surface area contributed by atoms with Gasteiger partial charge in [-0.05, 0) is 12.8 Å². The van der Waals surface area contributed by atoms with Gasteiger partial charge in [-0.15, -0.1) is 0 Å². The summed E-state index contributed by atoms with van der Waals surface area (Å²) in [6, 6.07) is 0.864. The first-order valence-electron chi connectivity index (χ1n) is 8.71. The first-order valence-corrected chi connectivity index (χ1v) is 10.5. The van der Waals surface area contributed by atoms with Crippen LogP contribution in [0, 0.1) is 17.2 Å². The minimum absolute atomic E-state index is 0.00844. The van der Waals surface area contributed by atoms with Crippen LogP contribution in [0.5, 0.6) is 0 Å². The summed E-state index contributed by atoms with van der Waals surface area (Å²) < 4.78 is 63.0. The standard InChI is InChI=1S/C17H18F3N5O3S/c18-17(19,20)11-1-3-12(4-2-11)23-16-13(15(22)26)8-25(24-16)14-5-6-29(27,28)9-10(14)7-21/h1-3,8,10,12,14H,4-6,9H2,(H2,22,26)(H,23,24)/t10-,12?,14+/m1/s1. The number of anilines is 1. The van der Waals surface area contributed by atoms with E-state index < -0.39 is 45.5 Å². The smallest absolute Gasteiger partial charge is 0.365 e. The normalized spacial score (nSPS) is 26.4. The summed E-state index contributed by atoms with van der Waals surface area (Å²) >= 11 is 0. The molecule has 1 aliphatic carbocycles. The molecule has 1 aromatic rings. The number of nitriles is 1. The maximum Gasteiger partial charge on any atom is 0.416 e. The van der Waals surface area contributed by atoms with E-state index in [1.807, 2.05) is 6.07 Å². The Bertz CT molecular complexity index is 1020. The average molecular weight is 429 g/mol. The second-order valence-corrected chi connectivity index (χ2v) is 9.17. The van der Waals surface area contributed by atoms with Crippen molar-refractivity contribution in [1.82, 2.24) is 9.78 Å². The van der Waals surface area contributed by atoms with Crippen molar-refractivity contribution in [3.8, 4) is 6.07 Å². The Balaban J connectivity index is 1.82. The maximum atomic E-state index is 12.7. The van der Waals surface area contributed by atoms with Crippen molar-refractivity contribution in [2.75, 3.05) is 16.8 Å². The third-order valence-electron chi connectivity index (χ3n) is 4.87. The molecule has 8 nitrogen and oxygen atoms in total. The van der Waals surface area contributed by atoms with Gasteiger partial charge < -0.3 is 11.1 Å². The lowest BCUT2D eigenvalue weighted by molar-refractivity contribution is -0.0886. The number of rotatable bonds is 4. The van der Waals surface area contributed by atoms with Crippen LogP contribution >= 0.6 is 0 Å². The SMILES string of the molecule is N#C[C@@H]1CS(=O)(=O)CC[C@@H]1n1cc(C(N)=O)c(NC2C=CC(C(F)(F)F)=CC2)n1. The van der Waals surface area contributed by atoms with E-state index in [1.165, 1.54) is 17.0 Å². The van der Waals surface area contributed by atoms with Gasteiger partial charge in [-0.1, -0.05) is 18.2 Å². The van der Waals surface area contributed by atoms with Crippen LogP contribution in [0.15, 0.2) is 30.0 Å². The predicted molar refractivity (Wildman–Crippen MR) is 97.5 cm³/mol. The number of aromatic nitrogens is 2. The quantitative estimate of drug-likeness (QED) is 0.749. The van der Waals surface area contributed by atoms with Gasteiger partial charge in [-0.3, -0.25) is 9.48 Å². The van der Waals surface area contributed by atoms with Gasteiger partial charge in [0.1, 0.15) is 5.56 Å². The molecule has 1 aliphatic heterocycles. The molecule has 0 aromatic carbocycles. The molecule has 3 N–H and O–H groups in total. The molecule has 2 aliphatic rings. The summed E-state index contributed by atoms with van der Waals surface area (Å²) in [6.07, 6.45) is 0.379. The number of primary amides is 1. The molecule has 1 fully saturated rings. The van der Waals surface area contributed by atoms with Crippen LogP contribution in [-0.2, 0) is 9.84 Å². The Labute approximate surface area is 164 Å². The lowest BCUT2D eigenvalue weighted by Crippen LogP contribution is -2.34. The number of nitrogens with zero attached hydrogens (tertiary/aromatic N) is 3. The fraction of sp³-hybridized carbons (Fsp3) is 0.471. The summed E-state index contributed by atoms with van der Waals surface area (Å²) in [5.74, 6) is -1.99. The van der Waals surface area contributed by atoms with Crippen LogP contribution < -0.4 is 11.1 Å². The van der Waals surface area contributed by atoms with Crippen molar-refractivity contribution < 1.29 is 26.4 Å². The highest BCUT2D eigenvalue weighted by atomic mass is 32.2. The number of amides is 1. The molecule has 0 spiro atoms. The Morgan fingerprint density at radius 3 is 2.69 bits per heavy atom. The third kappa shape index (κ3) is 4.61. The highest BCUT2D eigenvalue weighted by molar-refractivity contribution is 7.91. The lowest BCUT2D eigenvalue weighted by Gasteiger charge is -2.27. The van der Waals surface area contributed by atoms with E-state index in [0.717, 1.165) is 12.2 Å². The Morgan fingerprint density at radius 2 is 2.14 bits per heavy atom. The maximum absolute atomic E-state index is 12.7. The molecule has 1 amide bonds. The number of nitrogens with one attached hydrogen (secondary N) is 1. The minimum atomic E-state index is -4.44. The molecule has 3 atom stereocenters. The highest BCUT2D eigenvalue weighted by Crippen LogP contribution is 2.32. The van der Waals surface area contributed by atoms with Gasteiger partial charge in [0.25, 0.3) is 5.91 Å². The zero-order chi connectivity index (χ0) is 21.4. The summed E-state index contributed by atoms with van der Waals surface area (Å²) in [4.78, 5) is 11.8. The van der Waals surface area contributed by atoms with Crippen LogP contribution in [0.1, 0.15) is 29.2 Å². The first kappa shape index (κ1) is 20.9. The molecule has 0 saturated carbocycles. The second kappa shape index (κ2) is 7.55. The van der Waals surface area contributed by atoms with Crippen LogP contribution in [0.2, 0.25) is 0 Å². The molecule has 1 unspecified atom stereocenters. The number of carbonyl (C=O) groups excluding carboxylic acids is 1. The highest BCUT2D eigenvalue weighted by Gasteiger charge is 2.36. The summed E-state index contributed by atoms with van der Waals surface area (Å²) in [5.41, 5.74) is 4.64. The molecule has 156 valence electrons. The van der Waals surface area contributed by atoms with Crippen LogP contribution in [-0.4, -0.2) is 47.8 Å². The molecule has 12 heteroatoms. The number of nitrogens with two attached hydrogens (primary N) is 1. The molecule has 3 rings (SSSR count). The van der Waals surface area contributed by atoms with Gasteiger partial charge in [-0.25, -0.2) is 8.42 Å². The zero-order valence-corrected chi connectivity index (χ0v) is 15.9. The van der Waals surface area contributed by atoms with E-state index in [2.05, 4.69) is 10.4 Å². The molecule has 2 heterocycles. The fourth-order valence-corrected chi connectivity index (χ4v) is 4.98. The Hall–Kier alpha value is -2.81. The van der Waals surface area contributed by atoms with Crippen molar-refractivity contribution in [3.63, 3.8) is 0 Å². The number of hydrogen-bond donors (Lipinski definition) is 2. The van der Waals surface area contributed by atoms with Crippen molar-refractivity contribution in [2.45, 2.75) is 31.1 Å². The fourth-order valence-electron chi connectivity index (χ4n) is 3.37. The number of hydrogen-bond acceptors (Lipinski definition) is 6. The molecular formula is C17H18F3N5O3S. The number of allylic oxidation sites excluding steroid dienone is 2. The minimum Gasteiger partial charge on any atom is -0.365 e. The van der Waals surface area contributed by atoms with Crippen molar-refractivity contribution in [1.29, 1.82) is 5.26 Å². The third-order valence-corrected chi connectivity index (χ3v) is 6.60. The van der Waals surface area contributed by atoms with Gasteiger partial charge in [0.2, 0.25) is 0 Å². The summed E-state index contributed by atoms with van der Waals surface area (Å²) in [6.45, 7) is 0. The molecule has 0 radical (unpaired) electrons. The average Bonchev–Trinajstić information content (AvgIpc) is 3.04. The van der Waals surface area contributed by atoms with Crippen LogP contribution in [0.4, 0.5) is 19.0 Å². The second-order valence-electron chi connectivity index (χ2n) is 6.94. The Kier molecular flexibility index (Phi) is 5.44. The van der Waals surface area contributed by atoms with E-state index in [-0.39, 0.29) is 35.7 Å². The van der Waals surface area contributed by atoms with Crippen LogP contribution in [0.25, 0.3) is 0 Å². The molecular weight excluding hydrogens is 411 g/mol. The monoisotopic (exact) mass is 429 g/mol. The van der Waals surface area contributed by atoms with Crippen molar-refractivity contribution >= 4 is 21.6 Å². The number of carbonyl (C=O) groups is 1. The topological polar surface area (TPSA) is 131 Å². The lowest BCUT2D eigenvalue weighted by atomic mass is 10.0. The van der Waals surface area contributed by atoms with Gasteiger partial charge in [0.15, 0.2) is 15.7 Å².